The number of hydrogen-bond donors (Lipinski definition) is 0. The Kier molecular flexibility index (Phi) is 4.58. The van der Waals surface area contributed by atoms with E-state index in [1.807, 2.05) is 40.6 Å². The quantitative estimate of drug-likeness (QED) is 0.818. The van der Waals surface area contributed by atoms with Gasteiger partial charge in [-0.1, -0.05) is 12.1 Å². The number of likely N-dealkylation sites (tertiary alicyclic amines) is 1. The number of carbonyl (C=O) groups excluding carboxylic acids is 1. The Bertz CT molecular complexity index is 556. The Hall–Kier alpha value is -0.690. The van der Waals surface area contributed by atoms with Gasteiger partial charge >= 0.3 is 0 Å². The normalized spacial score (nSPS) is 24.4. The van der Waals surface area contributed by atoms with Crippen molar-refractivity contribution in [2.24, 2.45) is 0 Å². The Balaban J connectivity index is 1.39. The second-order valence-corrected chi connectivity index (χ2v) is 8.82. The zero-order chi connectivity index (χ0) is 15.7. The summed E-state index contributed by atoms with van der Waals surface area (Å²) in [6, 6.07) is 8.17. The van der Waals surface area contributed by atoms with Gasteiger partial charge in [-0.05, 0) is 17.7 Å². The molecule has 1 aromatic carbocycles. The number of carbonyl (C=O) groups is 1. The lowest BCUT2D eigenvalue weighted by Crippen LogP contribution is -2.47. The highest BCUT2D eigenvalue weighted by Gasteiger charge is 2.40. The summed E-state index contributed by atoms with van der Waals surface area (Å²) in [5.41, 5.74) is 2.10. The standard InChI is InChI=1S/C17H21NO3S2/c19-15(18-7-5-17(6-8-18)20-9-10-21-17)13-1-3-14(4-2-13)16-22-11-12-23-16/h1-4,16H,5-12H2. The Morgan fingerprint density at radius 3 is 2.26 bits per heavy atom. The lowest BCUT2D eigenvalue weighted by Gasteiger charge is -2.37. The van der Waals surface area contributed by atoms with Gasteiger partial charge in [0.05, 0.1) is 17.8 Å². The fourth-order valence-corrected chi connectivity index (χ4v) is 6.21. The van der Waals surface area contributed by atoms with Gasteiger partial charge in [-0.2, -0.15) is 0 Å². The molecule has 1 amide bonds. The van der Waals surface area contributed by atoms with E-state index in [1.54, 1.807) is 0 Å². The first-order chi connectivity index (χ1) is 11.3. The van der Waals surface area contributed by atoms with Crippen LogP contribution in [0.1, 0.15) is 33.3 Å². The number of ether oxygens (including phenoxy) is 2. The fraction of sp³-hybridized carbons (Fsp3) is 0.588. The molecule has 0 aliphatic carbocycles. The average molecular weight is 351 g/mol. The van der Waals surface area contributed by atoms with Crippen molar-refractivity contribution in [3.8, 4) is 0 Å². The summed E-state index contributed by atoms with van der Waals surface area (Å²) in [6.07, 6.45) is 1.54. The molecule has 3 aliphatic heterocycles. The van der Waals surface area contributed by atoms with Crippen molar-refractivity contribution in [2.75, 3.05) is 37.8 Å². The number of thioether (sulfide) groups is 2. The second kappa shape index (κ2) is 6.67. The van der Waals surface area contributed by atoms with Crippen LogP contribution in [0.4, 0.5) is 0 Å². The molecule has 4 nitrogen and oxygen atoms in total. The predicted octanol–water partition coefficient (Wildman–Crippen LogP) is 3.14. The molecule has 0 radical (unpaired) electrons. The molecule has 0 atom stereocenters. The molecule has 124 valence electrons. The maximum atomic E-state index is 12.7. The third kappa shape index (κ3) is 3.27. The molecular formula is C17H21NO3S2. The molecular weight excluding hydrogens is 330 g/mol. The number of hydrogen-bond acceptors (Lipinski definition) is 5. The van der Waals surface area contributed by atoms with Crippen LogP contribution in [0.5, 0.6) is 0 Å². The summed E-state index contributed by atoms with van der Waals surface area (Å²) < 4.78 is 12.0. The zero-order valence-electron chi connectivity index (χ0n) is 13.0. The van der Waals surface area contributed by atoms with Crippen molar-refractivity contribution in [1.82, 2.24) is 4.90 Å². The molecule has 23 heavy (non-hydrogen) atoms. The first-order valence-corrected chi connectivity index (χ1v) is 10.3. The van der Waals surface area contributed by atoms with Crippen molar-refractivity contribution in [1.29, 1.82) is 0 Å². The minimum atomic E-state index is -0.419. The number of amides is 1. The van der Waals surface area contributed by atoms with E-state index in [1.165, 1.54) is 17.1 Å². The van der Waals surface area contributed by atoms with E-state index in [0.717, 1.165) is 18.4 Å². The van der Waals surface area contributed by atoms with E-state index in [2.05, 4.69) is 12.1 Å². The van der Waals surface area contributed by atoms with Crippen LogP contribution >= 0.6 is 23.5 Å². The Morgan fingerprint density at radius 2 is 1.65 bits per heavy atom. The highest BCUT2D eigenvalue weighted by atomic mass is 32.2. The minimum absolute atomic E-state index is 0.121. The molecule has 0 unspecified atom stereocenters. The first-order valence-electron chi connectivity index (χ1n) is 8.16. The summed E-state index contributed by atoms with van der Waals surface area (Å²) in [7, 11) is 0. The first kappa shape index (κ1) is 15.8. The van der Waals surface area contributed by atoms with E-state index in [9.17, 15) is 4.79 Å². The predicted molar refractivity (Wildman–Crippen MR) is 93.9 cm³/mol. The number of piperidine rings is 1. The van der Waals surface area contributed by atoms with Gasteiger partial charge in [0.1, 0.15) is 0 Å². The highest BCUT2D eigenvalue weighted by molar-refractivity contribution is 8.19. The molecule has 1 spiro atoms. The van der Waals surface area contributed by atoms with Crippen molar-refractivity contribution in [3.63, 3.8) is 0 Å². The summed E-state index contributed by atoms with van der Waals surface area (Å²) in [4.78, 5) is 14.6. The summed E-state index contributed by atoms with van der Waals surface area (Å²) in [6.45, 7) is 2.75. The highest BCUT2D eigenvalue weighted by Crippen LogP contribution is 2.45. The van der Waals surface area contributed by atoms with Crippen molar-refractivity contribution >= 4 is 29.4 Å². The topological polar surface area (TPSA) is 38.8 Å². The van der Waals surface area contributed by atoms with Crippen LogP contribution in [-0.4, -0.2) is 54.4 Å². The summed E-state index contributed by atoms with van der Waals surface area (Å²) in [5.74, 6) is 2.14. The van der Waals surface area contributed by atoms with Gasteiger partial charge in [-0.25, -0.2) is 0 Å². The molecule has 0 saturated carbocycles. The molecule has 0 aromatic heterocycles. The van der Waals surface area contributed by atoms with Gasteiger partial charge < -0.3 is 14.4 Å². The maximum absolute atomic E-state index is 12.7. The summed E-state index contributed by atoms with van der Waals surface area (Å²) in [5, 5.41) is 0. The van der Waals surface area contributed by atoms with Crippen LogP contribution in [0.25, 0.3) is 0 Å². The molecule has 3 heterocycles. The van der Waals surface area contributed by atoms with Gasteiger partial charge in [0.2, 0.25) is 0 Å². The molecule has 1 aromatic rings. The average Bonchev–Trinajstić information content (AvgIpc) is 3.28. The molecule has 0 N–H and O–H groups in total. The van der Waals surface area contributed by atoms with Gasteiger partial charge in [-0.3, -0.25) is 4.79 Å². The number of benzene rings is 1. The van der Waals surface area contributed by atoms with Gasteiger partial charge in [0, 0.05) is 43.0 Å². The van der Waals surface area contributed by atoms with Crippen LogP contribution in [0, 0.1) is 0 Å². The van der Waals surface area contributed by atoms with Gasteiger partial charge in [0.25, 0.3) is 5.91 Å². The van der Waals surface area contributed by atoms with Gasteiger partial charge in [0.15, 0.2) is 5.79 Å². The van der Waals surface area contributed by atoms with Gasteiger partial charge in [-0.15, -0.1) is 23.5 Å². The Morgan fingerprint density at radius 1 is 1.04 bits per heavy atom. The fourth-order valence-electron chi connectivity index (χ4n) is 3.35. The number of rotatable bonds is 2. The third-order valence-electron chi connectivity index (χ3n) is 4.68. The minimum Gasteiger partial charge on any atom is -0.347 e. The van der Waals surface area contributed by atoms with Crippen LogP contribution in [-0.2, 0) is 9.47 Å². The number of nitrogens with zero attached hydrogens (tertiary/aromatic N) is 1. The van der Waals surface area contributed by atoms with E-state index < -0.39 is 5.79 Å². The van der Waals surface area contributed by atoms with E-state index in [4.69, 9.17) is 9.47 Å². The van der Waals surface area contributed by atoms with Crippen LogP contribution in [0.3, 0.4) is 0 Å². The molecule has 0 bridgehead atoms. The Labute approximate surface area is 145 Å². The second-order valence-electron chi connectivity index (χ2n) is 6.10. The van der Waals surface area contributed by atoms with Crippen molar-refractivity contribution < 1.29 is 14.3 Å². The largest absolute Gasteiger partial charge is 0.347 e. The molecule has 3 aliphatic rings. The van der Waals surface area contributed by atoms with E-state index >= 15 is 0 Å². The van der Waals surface area contributed by atoms with Crippen molar-refractivity contribution in [3.05, 3.63) is 35.4 Å². The smallest absolute Gasteiger partial charge is 0.253 e. The lowest BCUT2D eigenvalue weighted by atomic mass is 10.0. The van der Waals surface area contributed by atoms with Crippen molar-refractivity contribution in [2.45, 2.75) is 23.2 Å². The lowest BCUT2D eigenvalue weighted by molar-refractivity contribution is -0.181. The van der Waals surface area contributed by atoms with E-state index in [0.29, 0.717) is 30.9 Å². The molecule has 3 saturated heterocycles. The summed E-state index contributed by atoms with van der Waals surface area (Å²) >= 11 is 3.98. The monoisotopic (exact) mass is 351 g/mol. The molecule has 6 heteroatoms. The maximum Gasteiger partial charge on any atom is 0.253 e. The molecule has 3 fully saturated rings. The van der Waals surface area contributed by atoms with Crippen LogP contribution in [0.2, 0.25) is 0 Å². The van der Waals surface area contributed by atoms with E-state index in [-0.39, 0.29) is 5.91 Å². The molecule has 4 rings (SSSR count). The van der Waals surface area contributed by atoms with Crippen LogP contribution < -0.4 is 0 Å². The zero-order valence-corrected chi connectivity index (χ0v) is 14.7. The third-order valence-corrected chi connectivity index (χ3v) is 7.78. The SMILES string of the molecule is O=C(c1ccc(C2SCCS2)cc1)N1CCC2(CC1)OCCO2. The van der Waals surface area contributed by atoms with Crippen LogP contribution in [0.15, 0.2) is 24.3 Å².